The van der Waals surface area contributed by atoms with Gasteiger partial charge in [-0.1, -0.05) is 11.6 Å². The molecular weight excluding hydrogens is 361 g/mol. The van der Waals surface area contributed by atoms with Crippen molar-refractivity contribution in [3.8, 4) is 11.5 Å². The average Bonchev–Trinajstić information content (AvgIpc) is 2.65. The van der Waals surface area contributed by atoms with Crippen LogP contribution in [-0.4, -0.2) is 35.4 Å². The van der Waals surface area contributed by atoms with Gasteiger partial charge in [-0.3, -0.25) is 0 Å². The molecule has 0 aliphatic rings. The number of halogens is 2. The first-order valence-electron chi connectivity index (χ1n) is 7.91. The third-order valence-electron chi connectivity index (χ3n) is 3.66. The van der Waals surface area contributed by atoms with Gasteiger partial charge in [0.05, 0.1) is 24.3 Å². The summed E-state index contributed by atoms with van der Waals surface area (Å²) < 4.78 is 24.4. The van der Waals surface area contributed by atoms with Crippen molar-refractivity contribution >= 4 is 34.0 Å². The summed E-state index contributed by atoms with van der Waals surface area (Å²) in [6.07, 6.45) is 1.92. The van der Waals surface area contributed by atoms with Crippen LogP contribution in [0.25, 0.3) is 10.9 Å². The van der Waals surface area contributed by atoms with Crippen LogP contribution in [0.4, 0.5) is 15.9 Å². The van der Waals surface area contributed by atoms with Gasteiger partial charge in [0.25, 0.3) is 0 Å². The van der Waals surface area contributed by atoms with E-state index in [-0.39, 0.29) is 11.6 Å². The number of ether oxygens (including phenoxy) is 2. The molecule has 26 heavy (non-hydrogen) atoms. The molecule has 2 N–H and O–H groups in total. The Labute approximate surface area is 154 Å². The highest BCUT2D eigenvalue weighted by Gasteiger charge is 2.12. The number of aliphatic hydroxyl groups is 1. The number of hydrogen-bond donors (Lipinski definition) is 2. The van der Waals surface area contributed by atoms with Crippen molar-refractivity contribution in [2.45, 2.75) is 6.42 Å². The van der Waals surface area contributed by atoms with Crippen LogP contribution in [0, 0.1) is 5.82 Å². The molecule has 0 bridgehead atoms. The van der Waals surface area contributed by atoms with Crippen molar-refractivity contribution in [3.63, 3.8) is 0 Å². The molecule has 0 radical (unpaired) electrons. The van der Waals surface area contributed by atoms with E-state index in [4.69, 9.17) is 26.2 Å². The standard InChI is InChI=1S/C18H17ClFN3O3/c1-25-16-9-15-12(8-17(16)26-6-2-5-24)18(22-10-21-15)23-11-3-4-14(20)13(19)7-11/h3-4,7-10,24H,2,5-6H2,1H3,(H,21,22,23). The largest absolute Gasteiger partial charge is 0.493 e. The zero-order chi connectivity index (χ0) is 18.5. The quantitative estimate of drug-likeness (QED) is 0.607. The second-order valence-corrected chi connectivity index (χ2v) is 5.83. The first-order chi connectivity index (χ1) is 12.6. The summed E-state index contributed by atoms with van der Waals surface area (Å²) in [7, 11) is 1.54. The highest BCUT2D eigenvalue weighted by molar-refractivity contribution is 6.31. The number of hydrogen-bond acceptors (Lipinski definition) is 6. The van der Waals surface area contributed by atoms with Crippen molar-refractivity contribution in [3.05, 3.63) is 47.5 Å². The molecule has 1 heterocycles. The van der Waals surface area contributed by atoms with Gasteiger partial charge >= 0.3 is 0 Å². The van der Waals surface area contributed by atoms with Gasteiger partial charge in [0.1, 0.15) is 18.0 Å². The van der Waals surface area contributed by atoms with Crippen LogP contribution in [0.2, 0.25) is 5.02 Å². The maximum atomic E-state index is 13.3. The van der Waals surface area contributed by atoms with E-state index in [1.807, 2.05) is 0 Å². The normalized spacial score (nSPS) is 10.8. The summed E-state index contributed by atoms with van der Waals surface area (Å²) in [5, 5.41) is 12.7. The number of benzene rings is 2. The van der Waals surface area contributed by atoms with Gasteiger partial charge in [-0.25, -0.2) is 14.4 Å². The van der Waals surface area contributed by atoms with Crippen molar-refractivity contribution in [2.75, 3.05) is 25.6 Å². The fraction of sp³-hybridized carbons (Fsp3) is 0.222. The van der Waals surface area contributed by atoms with Crippen LogP contribution < -0.4 is 14.8 Å². The maximum absolute atomic E-state index is 13.3. The Morgan fingerprint density at radius 1 is 1.19 bits per heavy atom. The highest BCUT2D eigenvalue weighted by atomic mass is 35.5. The molecule has 0 saturated heterocycles. The molecule has 1 aromatic heterocycles. The van der Waals surface area contributed by atoms with E-state index in [1.54, 1.807) is 25.3 Å². The van der Waals surface area contributed by atoms with E-state index >= 15 is 0 Å². The zero-order valence-electron chi connectivity index (χ0n) is 14.0. The average molecular weight is 378 g/mol. The van der Waals surface area contributed by atoms with Crippen LogP contribution in [0.1, 0.15) is 6.42 Å². The number of rotatable bonds is 7. The Bertz CT molecular complexity index is 924. The predicted molar refractivity (Wildman–Crippen MR) is 98.0 cm³/mol. The molecule has 136 valence electrons. The zero-order valence-corrected chi connectivity index (χ0v) is 14.8. The van der Waals surface area contributed by atoms with E-state index in [0.29, 0.717) is 46.9 Å². The second-order valence-electron chi connectivity index (χ2n) is 5.42. The van der Waals surface area contributed by atoms with E-state index in [1.165, 1.54) is 18.5 Å². The van der Waals surface area contributed by atoms with Crippen LogP contribution in [0.15, 0.2) is 36.7 Å². The summed E-state index contributed by atoms with van der Waals surface area (Å²) in [5.41, 5.74) is 1.25. The first-order valence-corrected chi connectivity index (χ1v) is 8.28. The molecule has 2 aromatic carbocycles. The van der Waals surface area contributed by atoms with Crippen LogP contribution in [-0.2, 0) is 0 Å². The maximum Gasteiger partial charge on any atom is 0.162 e. The summed E-state index contributed by atoms with van der Waals surface area (Å²) in [6, 6.07) is 7.83. The van der Waals surface area contributed by atoms with Gasteiger partial charge in [-0.15, -0.1) is 0 Å². The Kier molecular flexibility index (Phi) is 5.70. The Hall–Kier alpha value is -2.64. The first kappa shape index (κ1) is 18.2. The van der Waals surface area contributed by atoms with Crippen LogP contribution >= 0.6 is 11.6 Å². The fourth-order valence-corrected chi connectivity index (χ4v) is 2.57. The summed E-state index contributed by atoms with van der Waals surface area (Å²) >= 11 is 5.83. The third kappa shape index (κ3) is 3.95. The molecule has 8 heteroatoms. The monoisotopic (exact) mass is 377 g/mol. The molecule has 0 spiro atoms. The molecule has 0 fully saturated rings. The minimum absolute atomic E-state index is 0.0167. The smallest absolute Gasteiger partial charge is 0.162 e. The number of anilines is 2. The van der Waals surface area contributed by atoms with Crippen molar-refractivity contribution in [2.24, 2.45) is 0 Å². The molecule has 0 atom stereocenters. The van der Waals surface area contributed by atoms with Gasteiger partial charge in [-0.2, -0.15) is 0 Å². The number of aromatic nitrogens is 2. The molecule has 0 unspecified atom stereocenters. The number of fused-ring (bicyclic) bond motifs is 1. The second kappa shape index (κ2) is 8.16. The van der Waals surface area contributed by atoms with Crippen LogP contribution in [0.5, 0.6) is 11.5 Å². The molecule has 3 aromatic rings. The highest BCUT2D eigenvalue weighted by Crippen LogP contribution is 2.35. The lowest BCUT2D eigenvalue weighted by Crippen LogP contribution is -2.02. The summed E-state index contributed by atoms with van der Waals surface area (Å²) in [5.74, 6) is 1.08. The van der Waals surface area contributed by atoms with Gasteiger partial charge < -0.3 is 19.9 Å². The minimum Gasteiger partial charge on any atom is -0.493 e. The molecule has 0 aliphatic heterocycles. The third-order valence-corrected chi connectivity index (χ3v) is 3.95. The number of nitrogens with one attached hydrogen (secondary N) is 1. The molecule has 0 amide bonds. The molecule has 0 aliphatic carbocycles. The molecule has 6 nitrogen and oxygen atoms in total. The van der Waals surface area contributed by atoms with Gasteiger partial charge in [0, 0.05) is 30.2 Å². The lowest BCUT2D eigenvalue weighted by Gasteiger charge is -2.14. The minimum atomic E-state index is -0.492. The number of nitrogens with zero attached hydrogens (tertiary/aromatic N) is 2. The van der Waals surface area contributed by atoms with Gasteiger partial charge in [-0.05, 0) is 24.3 Å². The van der Waals surface area contributed by atoms with Crippen molar-refractivity contribution in [1.29, 1.82) is 0 Å². The SMILES string of the molecule is COc1cc2ncnc(Nc3ccc(F)c(Cl)c3)c2cc1OCCCO. The van der Waals surface area contributed by atoms with E-state index in [9.17, 15) is 4.39 Å². The van der Waals surface area contributed by atoms with Crippen LogP contribution in [0.3, 0.4) is 0 Å². The fourth-order valence-electron chi connectivity index (χ4n) is 2.39. The van der Waals surface area contributed by atoms with E-state index in [0.717, 1.165) is 0 Å². The summed E-state index contributed by atoms with van der Waals surface area (Å²) in [6.45, 7) is 0.388. The van der Waals surface area contributed by atoms with Crippen molar-refractivity contribution < 1.29 is 19.0 Å². The van der Waals surface area contributed by atoms with E-state index in [2.05, 4.69) is 15.3 Å². The van der Waals surface area contributed by atoms with Gasteiger partial charge in [0.2, 0.25) is 0 Å². The van der Waals surface area contributed by atoms with E-state index < -0.39 is 5.82 Å². The van der Waals surface area contributed by atoms with Gasteiger partial charge in [0.15, 0.2) is 11.5 Å². The Morgan fingerprint density at radius 2 is 2.04 bits per heavy atom. The molecule has 0 saturated carbocycles. The lowest BCUT2D eigenvalue weighted by molar-refractivity contribution is 0.228. The van der Waals surface area contributed by atoms with Crippen molar-refractivity contribution in [1.82, 2.24) is 9.97 Å². The Morgan fingerprint density at radius 3 is 2.77 bits per heavy atom. The lowest BCUT2D eigenvalue weighted by atomic mass is 10.2. The molecule has 3 rings (SSSR count). The predicted octanol–water partition coefficient (Wildman–Crippen LogP) is 3.94. The summed E-state index contributed by atoms with van der Waals surface area (Å²) in [4.78, 5) is 8.50. The Balaban J connectivity index is 1.99. The number of aliphatic hydroxyl groups excluding tert-OH is 1. The topological polar surface area (TPSA) is 76.5 Å². The number of methoxy groups -OCH3 is 1. The molecular formula is C18H17ClFN3O3.